The van der Waals surface area contributed by atoms with Crippen molar-refractivity contribution in [1.29, 1.82) is 0 Å². The quantitative estimate of drug-likeness (QED) is 0.800. The van der Waals surface area contributed by atoms with Crippen LogP contribution in [0.4, 0.5) is 0 Å². The van der Waals surface area contributed by atoms with Crippen LogP contribution < -0.4 is 0 Å². The molecule has 3 nitrogen and oxygen atoms in total. The van der Waals surface area contributed by atoms with E-state index in [1.807, 2.05) is 11.8 Å². The molecule has 3 aliphatic heterocycles. The third-order valence-electron chi connectivity index (χ3n) is 5.58. The second-order valence-electron chi connectivity index (χ2n) is 6.91. The Balaban J connectivity index is 1.71. The average molecular weight is 285 g/mol. The highest BCUT2D eigenvalue weighted by molar-refractivity contribution is 7.99. The summed E-state index contributed by atoms with van der Waals surface area (Å²) < 4.78 is 6.16. The SMILES string of the molecule is CC1CC(O)(C2CCOC3(CCSCC3)C2)CN1C. The fourth-order valence-electron chi connectivity index (χ4n) is 4.19. The van der Waals surface area contributed by atoms with Gasteiger partial charge in [-0.2, -0.15) is 11.8 Å². The number of ether oxygens (including phenoxy) is 1. The smallest absolute Gasteiger partial charge is 0.0818 e. The van der Waals surface area contributed by atoms with Crippen LogP contribution >= 0.6 is 11.8 Å². The van der Waals surface area contributed by atoms with Gasteiger partial charge in [-0.3, -0.25) is 0 Å². The van der Waals surface area contributed by atoms with E-state index in [0.29, 0.717) is 12.0 Å². The average Bonchev–Trinajstić information content (AvgIpc) is 2.65. The zero-order valence-electron chi connectivity index (χ0n) is 12.2. The molecule has 110 valence electrons. The van der Waals surface area contributed by atoms with Crippen LogP contribution in [-0.4, -0.2) is 59.0 Å². The summed E-state index contributed by atoms with van der Waals surface area (Å²) in [5, 5.41) is 11.1. The minimum Gasteiger partial charge on any atom is -0.388 e. The summed E-state index contributed by atoms with van der Waals surface area (Å²) in [5.41, 5.74) is -0.385. The molecule has 0 amide bonds. The van der Waals surface area contributed by atoms with E-state index in [1.165, 1.54) is 24.3 Å². The number of rotatable bonds is 1. The van der Waals surface area contributed by atoms with Gasteiger partial charge in [0.1, 0.15) is 0 Å². The fraction of sp³-hybridized carbons (Fsp3) is 1.00. The predicted molar refractivity (Wildman–Crippen MR) is 79.6 cm³/mol. The number of hydrogen-bond donors (Lipinski definition) is 1. The summed E-state index contributed by atoms with van der Waals surface area (Å²) >= 11 is 2.05. The van der Waals surface area contributed by atoms with E-state index in [0.717, 1.165) is 32.4 Å². The van der Waals surface area contributed by atoms with Gasteiger partial charge in [-0.25, -0.2) is 0 Å². The summed E-state index contributed by atoms with van der Waals surface area (Å²) in [5.74, 6) is 2.87. The number of thioether (sulfide) groups is 1. The number of hydrogen-bond acceptors (Lipinski definition) is 4. The molecule has 3 atom stereocenters. The Labute approximate surface area is 121 Å². The lowest BCUT2D eigenvalue weighted by molar-refractivity contribution is -0.143. The van der Waals surface area contributed by atoms with E-state index in [-0.39, 0.29) is 5.60 Å². The summed E-state index contributed by atoms with van der Waals surface area (Å²) in [6, 6.07) is 0.505. The second-order valence-corrected chi connectivity index (χ2v) is 8.13. The monoisotopic (exact) mass is 285 g/mol. The van der Waals surface area contributed by atoms with Crippen LogP contribution in [0.5, 0.6) is 0 Å². The zero-order valence-corrected chi connectivity index (χ0v) is 13.0. The topological polar surface area (TPSA) is 32.7 Å². The normalized spacial score (nSPS) is 43.7. The third kappa shape index (κ3) is 2.69. The first-order chi connectivity index (χ1) is 9.03. The summed E-state index contributed by atoms with van der Waals surface area (Å²) in [6.07, 6.45) is 5.39. The van der Waals surface area contributed by atoms with Crippen molar-refractivity contribution in [2.24, 2.45) is 5.92 Å². The van der Waals surface area contributed by atoms with Crippen LogP contribution in [0.3, 0.4) is 0 Å². The maximum atomic E-state index is 11.1. The molecule has 3 unspecified atom stereocenters. The summed E-state index contributed by atoms with van der Waals surface area (Å²) in [7, 11) is 2.13. The van der Waals surface area contributed by atoms with E-state index in [4.69, 9.17) is 4.74 Å². The molecule has 0 aromatic rings. The van der Waals surface area contributed by atoms with E-state index >= 15 is 0 Å². The van der Waals surface area contributed by atoms with Crippen molar-refractivity contribution in [1.82, 2.24) is 4.90 Å². The predicted octanol–water partition coefficient (Wildman–Crippen LogP) is 2.13. The van der Waals surface area contributed by atoms with Crippen LogP contribution in [-0.2, 0) is 4.74 Å². The van der Waals surface area contributed by atoms with Crippen LogP contribution in [0.2, 0.25) is 0 Å². The molecule has 3 rings (SSSR count). The lowest BCUT2D eigenvalue weighted by atomic mass is 9.73. The van der Waals surface area contributed by atoms with Crippen molar-refractivity contribution in [2.75, 3.05) is 31.7 Å². The van der Waals surface area contributed by atoms with Gasteiger partial charge in [-0.15, -0.1) is 0 Å². The number of nitrogens with zero attached hydrogens (tertiary/aromatic N) is 1. The molecule has 3 heterocycles. The van der Waals surface area contributed by atoms with Crippen LogP contribution in [0.15, 0.2) is 0 Å². The molecule has 3 aliphatic rings. The van der Waals surface area contributed by atoms with Crippen LogP contribution in [0.1, 0.15) is 39.0 Å². The molecule has 0 radical (unpaired) electrons. The van der Waals surface area contributed by atoms with Gasteiger partial charge in [0.15, 0.2) is 0 Å². The Kier molecular flexibility index (Phi) is 3.89. The van der Waals surface area contributed by atoms with E-state index in [1.54, 1.807) is 0 Å². The largest absolute Gasteiger partial charge is 0.388 e. The minimum atomic E-state index is -0.477. The first-order valence-electron chi connectivity index (χ1n) is 7.67. The second kappa shape index (κ2) is 5.21. The molecule has 19 heavy (non-hydrogen) atoms. The van der Waals surface area contributed by atoms with Crippen LogP contribution in [0, 0.1) is 5.92 Å². The van der Waals surface area contributed by atoms with Gasteiger partial charge in [0.2, 0.25) is 0 Å². The first kappa shape index (κ1) is 14.2. The van der Waals surface area contributed by atoms with Crippen molar-refractivity contribution in [3.05, 3.63) is 0 Å². The molecule has 0 bridgehead atoms. The Morgan fingerprint density at radius 2 is 2.00 bits per heavy atom. The van der Waals surface area contributed by atoms with Crippen molar-refractivity contribution < 1.29 is 9.84 Å². The summed E-state index contributed by atoms with van der Waals surface area (Å²) in [6.45, 7) is 3.91. The highest BCUT2D eigenvalue weighted by Crippen LogP contribution is 2.45. The lowest BCUT2D eigenvalue weighted by Crippen LogP contribution is -2.50. The number of likely N-dealkylation sites (N-methyl/N-ethyl adjacent to an activating group) is 1. The van der Waals surface area contributed by atoms with E-state index < -0.39 is 5.60 Å². The first-order valence-corrected chi connectivity index (χ1v) is 8.83. The van der Waals surface area contributed by atoms with Crippen molar-refractivity contribution in [3.63, 3.8) is 0 Å². The Hall–Kier alpha value is 0.230. The fourth-order valence-corrected chi connectivity index (χ4v) is 5.43. The third-order valence-corrected chi connectivity index (χ3v) is 6.57. The molecule has 0 aromatic heterocycles. The van der Waals surface area contributed by atoms with Gasteiger partial charge >= 0.3 is 0 Å². The zero-order chi connectivity index (χ0) is 13.5. The summed E-state index contributed by atoms with van der Waals surface area (Å²) in [4.78, 5) is 2.30. The molecular formula is C15H27NO2S. The number of aliphatic hydroxyl groups is 1. The van der Waals surface area contributed by atoms with Gasteiger partial charge in [0.05, 0.1) is 11.2 Å². The molecular weight excluding hydrogens is 258 g/mol. The maximum Gasteiger partial charge on any atom is 0.0818 e. The van der Waals surface area contributed by atoms with E-state index in [9.17, 15) is 5.11 Å². The molecule has 4 heteroatoms. The molecule has 3 fully saturated rings. The Bertz CT molecular complexity index is 315. The molecule has 0 aliphatic carbocycles. The van der Waals surface area contributed by atoms with Gasteiger partial charge < -0.3 is 14.7 Å². The molecule has 1 spiro atoms. The standard InChI is InChI=1S/C15H27NO2S/c1-12-9-15(17,11-16(12)2)13-3-6-18-14(10-13)4-7-19-8-5-14/h12-13,17H,3-11H2,1-2H3. The molecule has 0 saturated carbocycles. The van der Waals surface area contributed by atoms with Gasteiger partial charge in [0.25, 0.3) is 0 Å². The van der Waals surface area contributed by atoms with Crippen LogP contribution in [0.25, 0.3) is 0 Å². The minimum absolute atomic E-state index is 0.0916. The Morgan fingerprint density at radius 1 is 1.26 bits per heavy atom. The van der Waals surface area contributed by atoms with E-state index in [2.05, 4.69) is 18.9 Å². The maximum absolute atomic E-state index is 11.1. The molecule has 0 aromatic carbocycles. The van der Waals surface area contributed by atoms with Crippen molar-refractivity contribution in [3.8, 4) is 0 Å². The number of likely N-dealkylation sites (tertiary alicyclic amines) is 1. The number of β-amino-alcohol motifs (C(OH)–C–C–N with tert-alkyl or cyclic N) is 1. The molecule has 1 N–H and O–H groups in total. The van der Waals surface area contributed by atoms with Gasteiger partial charge in [-0.1, -0.05) is 0 Å². The highest BCUT2D eigenvalue weighted by Gasteiger charge is 2.50. The van der Waals surface area contributed by atoms with Gasteiger partial charge in [0, 0.05) is 19.2 Å². The highest BCUT2D eigenvalue weighted by atomic mass is 32.2. The van der Waals surface area contributed by atoms with Crippen molar-refractivity contribution in [2.45, 2.75) is 56.3 Å². The lowest BCUT2D eigenvalue weighted by Gasteiger charge is -2.47. The van der Waals surface area contributed by atoms with Gasteiger partial charge in [-0.05, 0) is 63.5 Å². The van der Waals surface area contributed by atoms with Crippen molar-refractivity contribution >= 4 is 11.8 Å². The molecule has 3 saturated heterocycles. The Morgan fingerprint density at radius 3 is 2.63 bits per heavy atom.